The van der Waals surface area contributed by atoms with Crippen LogP contribution in [0.1, 0.15) is 28.8 Å². The first-order chi connectivity index (χ1) is 11.2. The second-order valence-corrected chi connectivity index (χ2v) is 5.96. The number of hydrogen-bond donors (Lipinski definition) is 1. The first-order valence-corrected chi connectivity index (χ1v) is 7.83. The van der Waals surface area contributed by atoms with Crippen LogP contribution < -0.4 is 5.32 Å². The van der Waals surface area contributed by atoms with Gasteiger partial charge in [-0.3, -0.25) is 4.79 Å². The van der Waals surface area contributed by atoms with Crippen LogP contribution in [0.5, 0.6) is 0 Å². The van der Waals surface area contributed by atoms with E-state index in [1.807, 2.05) is 11.0 Å². The lowest BCUT2D eigenvalue weighted by Gasteiger charge is -2.32. The molecule has 0 bridgehead atoms. The Hall–Kier alpha value is -2.45. The number of halogens is 1. The summed E-state index contributed by atoms with van der Waals surface area (Å²) < 4.78 is 4.96. The monoisotopic (exact) mass is 329 g/mol. The molecule has 1 saturated heterocycles. The summed E-state index contributed by atoms with van der Waals surface area (Å²) in [6.07, 6.45) is 4.64. The Balaban J connectivity index is 1.60. The van der Waals surface area contributed by atoms with E-state index in [0.29, 0.717) is 29.2 Å². The number of hydrogen-bond acceptors (Lipinski definition) is 4. The summed E-state index contributed by atoms with van der Waals surface area (Å²) >= 11 is 5.91. The number of amides is 1. The van der Waals surface area contributed by atoms with Crippen molar-refractivity contribution in [2.75, 3.05) is 18.4 Å². The highest BCUT2D eigenvalue weighted by Crippen LogP contribution is 2.23. The van der Waals surface area contributed by atoms with Crippen molar-refractivity contribution in [3.63, 3.8) is 0 Å². The summed E-state index contributed by atoms with van der Waals surface area (Å²) in [7, 11) is 0. The van der Waals surface area contributed by atoms with Crippen molar-refractivity contribution in [1.29, 1.82) is 5.26 Å². The molecule has 0 aliphatic carbocycles. The maximum atomic E-state index is 12.3. The zero-order valence-corrected chi connectivity index (χ0v) is 13.2. The molecule has 23 heavy (non-hydrogen) atoms. The quantitative estimate of drug-likeness (QED) is 0.935. The van der Waals surface area contributed by atoms with E-state index in [9.17, 15) is 10.1 Å². The molecule has 6 heteroatoms. The molecule has 1 N–H and O–H groups in total. The van der Waals surface area contributed by atoms with E-state index in [1.165, 1.54) is 12.5 Å². The van der Waals surface area contributed by atoms with Gasteiger partial charge in [0, 0.05) is 24.2 Å². The minimum absolute atomic E-state index is 0.00130. The maximum Gasteiger partial charge on any atom is 0.257 e. The standard InChI is InChI=1S/C17H16ClN3O2/c18-14-1-2-16(13(9-14)10-19)20-15-3-6-21(7-4-15)17(22)12-5-8-23-11-12/h1-2,5,8-9,11,15,20H,3-4,6-7H2. The van der Waals surface area contributed by atoms with Gasteiger partial charge in [0.05, 0.1) is 23.1 Å². The van der Waals surface area contributed by atoms with Crippen LogP contribution in [0.3, 0.4) is 0 Å². The molecule has 0 saturated carbocycles. The zero-order chi connectivity index (χ0) is 16.2. The van der Waals surface area contributed by atoms with Crippen LogP contribution in [0.4, 0.5) is 5.69 Å². The molecular formula is C17H16ClN3O2. The van der Waals surface area contributed by atoms with Gasteiger partial charge >= 0.3 is 0 Å². The van der Waals surface area contributed by atoms with Gasteiger partial charge in [-0.05, 0) is 37.1 Å². The molecule has 0 unspecified atom stereocenters. The van der Waals surface area contributed by atoms with Crippen molar-refractivity contribution >= 4 is 23.2 Å². The van der Waals surface area contributed by atoms with Gasteiger partial charge < -0.3 is 14.6 Å². The average Bonchev–Trinajstić information content (AvgIpc) is 3.11. The van der Waals surface area contributed by atoms with Gasteiger partial charge in [0.25, 0.3) is 5.91 Å². The number of carbonyl (C=O) groups is 1. The number of anilines is 1. The van der Waals surface area contributed by atoms with E-state index in [0.717, 1.165) is 18.5 Å². The Labute approximate surface area is 139 Å². The molecule has 3 rings (SSSR count). The third-order valence-corrected chi connectivity index (χ3v) is 4.25. The number of carbonyl (C=O) groups excluding carboxylic acids is 1. The van der Waals surface area contributed by atoms with E-state index < -0.39 is 0 Å². The Morgan fingerprint density at radius 2 is 2.13 bits per heavy atom. The SMILES string of the molecule is N#Cc1cc(Cl)ccc1NC1CCN(C(=O)c2ccoc2)CC1. The second-order valence-electron chi connectivity index (χ2n) is 5.52. The van der Waals surface area contributed by atoms with Gasteiger partial charge in [0.15, 0.2) is 0 Å². The average molecular weight is 330 g/mol. The molecule has 2 heterocycles. The van der Waals surface area contributed by atoms with E-state index in [-0.39, 0.29) is 11.9 Å². The molecular weight excluding hydrogens is 314 g/mol. The Morgan fingerprint density at radius 1 is 1.35 bits per heavy atom. The number of nitrogens with zero attached hydrogens (tertiary/aromatic N) is 2. The van der Waals surface area contributed by atoms with Crippen LogP contribution in [0, 0.1) is 11.3 Å². The van der Waals surface area contributed by atoms with Crippen molar-refractivity contribution in [1.82, 2.24) is 4.90 Å². The van der Waals surface area contributed by atoms with Crippen molar-refractivity contribution in [2.24, 2.45) is 0 Å². The Bertz CT molecular complexity index is 729. The molecule has 0 radical (unpaired) electrons. The smallest absolute Gasteiger partial charge is 0.257 e. The minimum Gasteiger partial charge on any atom is -0.472 e. The fraction of sp³-hybridized carbons (Fsp3) is 0.294. The summed E-state index contributed by atoms with van der Waals surface area (Å²) in [6, 6.07) is 9.31. The molecule has 1 aromatic carbocycles. The number of furan rings is 1. The zero-order valence-electron chi connectivity index (χ0n) is 12.5. The molecule has 5 nitrogen and oxygen atoms in total. The van der Waals surface area contributed by atoms with Crippen LogP contribution >= 0.6 is 11.6 Å². The third kappa shape index (κ3) is 3.49. The fourth-order valence-corrected chi connectivity index (χ4v) is 2.92. The van der Waals surface area contributed by atoms with Gasteiger partial charge in [-0.1, -0.05) is 11.6 Å². The molecule has 1 aliphatic heterocycles. The number of likely N-dealkylation sites (tertiary alicyclic amines) is 1. The topological polar surface area (TPSA) is 69.3 Å². The summed E-state index contributed by atoms with van der Waals surface area (Å²) in [5.41, 5.74) is 1.91. The number of rotatable bonds is 3. The van der Waals surface area contributed by atoms with Gasteiger partial charge in [0.2, 0.25) is 0 Å². The lowest BCUT2D eigenvalue weighted by Crippen LogP contribution is -2.42. The van der Waals surface area contributed by atoms with Crippen molar-refractivity contribution in [3.05, 3.63) is 52.9 Å². The van der Waals surface area contributed by atoms with Crippen LogP contribution in [0.2, 0.25) is 5.02 Å². The first-order valence-electron chi connectivity index (χ1n) is 7.45. The second kappa shape index (κ2) is 6.76. The highest BCUT2D eigenvalue weighted by atomic mass is 35.5. The van der Waals surface area contributed by atoms with Crippen LogP contribution in [0.25, 0.3) is 0 Å². The lowest BCUT2D eigenvalue weighted by atomic mass is 10.0. The van der Waals surface area contributed by atoms with Gasteiger partial charge in [-0.2, -0.15) is 5.26 Å². The van der Waals surface area contributed by atoms with Gasteiger partial charge in [0.1, 0.15) is 12.3 Å². The highest BCUT2D eigenvalue weighted by molar-refractivity contribution is 6.30. The van der Waals surface area contributed by atoms with Gasteiger partial charge in [-0.15, -0.1) is 0 Å². The van der Waals surface area contributed by atoms with Crippen molar-refractivity contribution in [3.8, 4) is 6.07 Å². The van der Waals surface area contributed by atoms with E-state index >= 15 is 0 Å². The molecule has 0 spiro atoms. The van der Waals surface area contributed by atoms with Crippen LogP contribution in [0.15, 0.2) is 41.2 Å². The van der Waals surface area contributed by atoms with E-state index in [1.54, 1.807) is 18.2 Å². The Morgan fingerprint density at radius 3 is 2.78 bits per heavy atom. The number of benzene rings is 1. The fourth-order valence-electron chi connectivity index (χ4n) is 2.75. The largest absolute Gasteiger partial charge is 0.472 e. The molecule has 1 amide bonds. The normalized spacial score (nSPS) is 15.2. The first kappa shape index (κ1) is 15.4. The number of nitriles is 1. The number of piperidine rings is 1. The predicted molar refractivity (Wildman–Crippen MR) is 87.4 cm³/mol. The molecule has 0 atom stereocenters. The summed E-state index contributed by atoms with van der Waals surface area (Å²) in [5, 5.41) is 13.1. The van der Waals surface area contributed by atoms with Crippen molar-refractivity contribution in [2.45, 2.75) is 18.9 Å². The summed E-state index contributed by atoms with van der Waals surface area (Å²) in [5.74, 6) is 0.00130. The Kier molecular flexibility index (Phi) is 4.54. The molecule has 2 aromatic rings. The van der Waals surface area contributed by atoms with Crippen LogP contribution in [-0.4, -0.2) is 29.9 Å². The summed E-state index contributed by atoms with van der Waals surface area (Å²) in [4.78, 5) is 14.1. The predicted octanol–water partition coefficient (Wildman–Crippen LogP) is 3.52. The lowest BCUT2D eigenvalue weighted by molar-refractivity contribution is 0.0718. The number of nitrogens with one attached hydrogen (secondary N) is 1. The molecule has 1 aliphatic rings. The van der Waals surface area contributed by atoms with Crippen molar-refractivity contribution < 1.29 is 9.21 Å². The van der Waals surface area contributed by atoms with E-state index in [2.05, 4.69) is 11.4 Å². The molecule has 1 aromatic heterocycles. The van der Waals surface area contributed by atoms with E-state index in [4.69, 9.17) is 16.0 Å². The molecule has 118 valence electrons. The minimum atomic E-state index is 0.00130. The van der Waals surface area contributed by atoms with Gasteiger partial charge in [-0.25, -0.2) is 0 Å². The maximum absolute atomic E-state index is 12.3. The summed E-state index contributed by atoms with van der Waals surface area (Å²) in [6.45, 7) is 1.36. The highest BCUT2D eigenvalue weighted by Gasteiger charge is 2.24. The van der Waals surface area contributed by atoms with Crippen LogP contribution in [-0.2, 0) is 0 Å². The third-order valence-electron chi connectivity index (χ3n) is 4.01. The molecule has 1 fully saturated rings.